The Labute approximate surface area is 90.6 Å². The predicted octanol–water partition coefficient (Wildman–Crippen LogP) is 0.251. The number of carboxylic acids is 1. The Morgan fingerprint density at radius 1 is 1.33 bits per heavy atom. The van der Waals surface area contributed by atoms with Crippen LogP contribution in [0.25, 0.3) is 0 Å². The molecule has 0 aromatic carbocycles. The van der Waals surface area contributed by atoms with E-state index in [1.54, 1.807) is 6.92 Å². The molecule has 0 fully saturated rings. The van der Waals surface area contributed by atoms with E-state index in [1.165, 1.54) is 0 Å². The van der Waals surface area contributed by atoms with Gasteiger partial charge in [0.25, 0.3) is 0 Å². The lowest BCUT2D eigenvalue weighted by atomic mass is 10.0. The summed E-state index contributed by atoms with van der Waals surface area (Å²) in [6, 6.07) is 0. The molecule has 0 aromatic heterocycles. The van der Waals surface area contributed by atoms with Crippen LogP contribution in [0.1, 0.15) is 26.2 Å². The Morgan fingerprint density at radius 2 is 1.93 bits per heavy atom. The Hall–Kier alpha value is -0.620. The van der Waals surface area contributed by atoms with E-state index in [0.717, 1.165) is 0 Å². The molecular weight excluding hydrogens is 218 g/mol. The fraction of sp³-hybridized carbons (Fsp3) is 0.889. The van der Waals surface area contributed by atoms with Gasteiger partial charge >= 0.3 is 5.97 Å². The molecule has 0 aliphatic rings. The third-order valence-electron chi connectivity index (χ3n) is 2.16. The molecule has 6 heteroatoms. The minimum atomic E-state index is -3.08. The summed E-state index contributed by atoms with van der Waals surface area (Å²) in [5, 5.41) is 8.78. The predicted molar refractivity (Wildman–Crippen MR) is 58.4 cm³/mol. The largest absolute Gasteiger partial charge is 0.481 e. The van der Waals surface area contributed by atoms with Crippen LogP contribution in [-0.4, -0.2) is 37.5 Å². The molecule has 90 valence electrons. The van der Waals surface area contributed by atoms with Crippen molar-refractivity contribution in [2.24, 2.45) is 11.7 Å². The van der Waals surface area contributed by atoms with Crippen molar-refractivity contribution >= 4 is 15.8 Å². The van der Waals surface area contributed by atoms with Gasteiger partial charge in [-0.2, -0.15) is 0 Å². The van der Waals surface area contributed by atoms with Crippen molar-refractivity contribution in [3.05, 3.63) is 0 Å². The number of sulfone groups is 1. The van der Waals surface area contributed by atoms with E-state index in [9.17, 15) is 13.2 Å². The number of aliphatic carboxylic acids is 1. The summed E-state index contributed by atoms with van der Waals surface area (Å²) in [7, 11) is -3.08. The summed E-state index contributed by atoms with van der Waals surface area (Å²) in [6.45, 7) is 2.05. The molecular formula is C9H19NO4S. The van der Waals surface area contributed by atoms with E-state index in [0.29, 0.717) is 12.8 Å². The molecule has 0 aliphatic carbocycles. The van der Waals surface area contributed by atoms with E-state index >= 15 is 0 Å². The molecule has 0 saturated carbocycles. The molecule has 0 heterocycles. The van der Waals surface area contributed by atoms with Gasteiger partial charge in [0.15, 0.2) is 0 Å². The van der Waals surface area contributed by atoms with Gasteiger partial charge in [0.2, 0.25) is 0 Å². The molecule has 0 spiro atoms. The van der Waals surface area contributed by atoms with Crippen LogP contribution in [0.3, 0.4) is 0 Å². The van der Waals surface area contributed by atoms with E-state index < -0.39 is 21.7 Å². The number of carbonyl (C=O) groups is 1. The summed E-state index contributed by atoms with van der Waals surface area (Å²) >= 11 is 0. The highest BCUT2D eigenvalue weighted by molar-refractivity contribution is 7.91. The van der Waals surface area contributed by atoms with Gasteiger partial charge in [-0.1, -0.05) is 6.92 Å². The maximum atomic E-state index is 11.3. The molecule has 0 radical (unpaired) electrons. The quantitative estimate of drug-likeness (QED) is 0.630. The van der Waals surface area contributed by atoms with Crippen molar-refractivity contribution in [3.8, 4) is 0 Å². The summed E-state index contributed by atoms with van der Waals surface area (Å²) in [5.41, 5.74) is 5.25. The normalized spacial score (nSPS) is 13.7. The van der Waals surface area contributed by atoms with Gasteiger partial charge in [-0.05, 0) is 25.8 Å². The average molecular weight is 237 g/mol. The van der Waals surface area contributed by atoms with E-state index in [4.69, 9.17) is 10.8 Å². The molecule has 1 unspecified atom stereocenters. The fourth-order valence-electron chi connectivity index (χ4n) is 1.33. The van der Waals surface area contributed by atoms with E-state index in [1.807, 2.05) is 0 Å². The van der Waals surface area contributed by atoms with Crippen LogP contribution in [0, 0.1) is 5.92 Å². The number of hydrogen-bond donors (Lipinski definition) is 2. The number of rotatable bonds is 8. The molecule has 5 nitrogen and oxygen atoms in total. The van der Waals surface area contributed by atoms with Gasteiger partial charge in [0, 0.05) is 5.75 Å². The highest BCUT2D eigenvalue weighted by atomic mass is 32.2. The molecule has 0 rings (SSSR count). The summed E-state index contributed by atoms with van der Waals surface area (Å²) in [4.78, 5) is 10.7. The van der Waals surface area contributed by atoms with Crippen LogP contribution < -0.4 is 5.73 Å². The van der Waals surface area contributed by atoms with Gasteiger partial charge < -0.3 is 10.8 Å². The number of nitrogens with two attached hydrogens (primary N) is 1. The first-order valence-electron chi connectivity index (χ1n) is 5.06. The molecule has 3 N–H and O–H groups in total. The van der Waals surface area contributed by atoms with Crippen LogP contribution in [-0.2, 0) is 14.6 Å². The van der Waals surface area contributed by atoms with Crippen molar-refractivity contribution < 1.29 is 18.3 Å². The summed E-state index contributed by atoms with van der Waals surface area (Å²) < 4.78 is 22.7. The topological polar surface area (TPSA) is 97.5 Å². The van der Waals surface area contributed by atoms with Crippen molar-refractivity contribution in [2.45, 2.75) is 26.2 Å². The van der Waals surface area contributed by atoms with Crippen LogP contribution in [0.15, 0.2) is 0 Å². The molecule has 1 atom stereocenters. The Bertz CT molecular complexity index is 286. The van der Waals surface area contributed by atoms with Crippen LogP contribution in [0.5, 0.6) is 0 Å². The van der Waals surface area contributed by atoms with Gasteiger partial charge in [-0.3, -0.25) is 4.79 Å². The molecule has 0 saturated heterocycles. The minimum absolute atomic E-state index is 0.0577. The molecule has 0 bridgehead atoms. The molecule has 0 aromatic rings. The molecule has 0 amide bonds. The second-order valence-corrected chi connectivity index (χ2v) is 5.86. The second-order valence-electron chi connectivity index (χ2n) is 3.55. The molecule has 0 aliphatic heterocycles. The van der Waals surface area contributed by atoms with Gasteiger partial charge in [0.05, 0.1) is 11.7 Å². The maximum absolute atomic E-state index is 11.3. The highest BCUT2D eigenvalue weighted by Crippen LogP contribution is 2.10. The molecule has 15 heavy (non-hydrogen) atoms. The first kappa shape index (κ1) is 14.4. The van der Waals surface area contributed by atoms with Crippen LogP contribution >= 0.6 is 0 Å². The monoisotopic (exact) mass is 237 g/mol. The first-order chi connectivity index (χ1) is 6.93. The SMILES string of the molecule is CCCS(=O)(=O)CCC(CCN)C(=O)O. The summed E-state index contributed by atoms with van der Waals surface area (Å²) in [6.07, 6.45) is 1.06. The Balaban J connectivity index is 4.15. The van der Waals surface area contributed by atoms with Crippen molar-refractivity contribution in [1.82, 2.24) is 0 Å². The van der Waals surface area contributed by atoms with Crippen LogP contribution in [0.2, 0.25) is 0 Å². The van der Waals surface area contributed by atoms with E-state index in [-0.39, 0.29) is 24.5 Å². The zero-order valence-corrected chi connectivity index (χ0v) is 9.79. The Morgan fingerprint density at radius 3 is 2.33 bits per heavy atom. The lowest BCUT2D eigenvalue weighted by Crippen LogP contribution is -2.22. The zero-order valence-electron chi connectivity index (χ0n) is 8.98. The first-order valence-corrected chi connectivity index (χ1v) is 6.88. The smallest absolute Gasteiger partial charge is 0.306 e. The van der Waals surface area contributed by atoms with Crippen molar-refractivity contribution in [3.63, 3.8) is 0 Å². The fourth-order valence-corrected chi connectivity index (χ4v) is 2.80. The second kappa shape index (κ2) is 6.79. The van der Waals surface area contributed by atoms with Gasteiger partial charge in [-0.25, -0.2) is 8.42 Å². The Kier molecular flexibility index (Phi) is 6.51. The maximum Gasteiger partial charge on any atom is 0.306 e. The number of hydrogen-bond acceptors (Lipinski definition) is 4. The van der Waals surface area contributed by atoms with E-state index in [2.05, 4.69) is 0 Å². The third kappa shape index (κ3) is 6.46. The van der Waals surface area contributed by atoms with Crippen molar-refractivity contribution in [1.29, 1.82) is 0 Å². The third-order valence-corrected chi connectivity index (χ3v) is 4.04. The standard InChI is InChI=1S/C9H19NO4S/c1-2-6-15(13,14)7-4-8(3-5-10)9(11)12/h8H,2-7,10H2,1H3,(H,11,12). The zero-order chi connectivity index (χ0) is 11.9. The average Bonchev–Trinajstić information content (AvgIpc) is 2.11. The van der Waals surface area contributed by atoms with Crippen molar-refractivity contribution in [2.75, 3.05) is 18.1 Å². The van der Waals surface area contributed by atoms with Crippen LogP contribution in [0.4, 0.5) is 0 Å². The minimum Gasteiger partial charge on any atom is -0.481 e. The highest BCUT2D eigenvalue weighted by Gasteiger charge is 2.19. The number of carboxylic acid groups (broad SMARTS) is 1. The van der Waals surface area contributed by atoms with Gasteiger partial charge in [0.1, 0.15) is 9.84 Å². The van der Waals surface area contributed by atoms with Gasteiger partial charge in [-0.15, -0.1) is 0 Å². The lowest BCUT2D eigenvalue weighted by Gasteiger charge is -2.10. The lowest BCUT2D eigenvalue weighted by molar-refractivity contribution is -0.141. The summed E-state index contributed by atoms with van der Waals surface area (Å²) in [5.74, 6) is -1.53.